The molecule has 1 aromatic rings. The van der Waals surface area contributed by atoms with Crippen LogP contribution < -0.4 is 5.32 Å². The number of amides is 2. The molecule has 2 rings (SSSR count). The fourth-order valence-electron chi connectivity index (χ4n) is 1.11. The summed E-state index contributed by atoms with van der Waals surface area (Å²) in [7, 11) is 0. The molecular weight excluding hydrogens is 186 g/mol. The maximum absolute atomic E-state index is 11.2. The molecule has 70 valence electrons. The van der Waals surface area contributed by atoms with E-state index in [1.807, 2.05) is 0 Å². The Bertz CT molecular complexity index is 453. The lowest BCUT2D eigenvalue weighted by atomic mass is 10.1. The van der Waals surface area contributed by atoms with Gasteiger partial charge in [0, 0.05) is 6.08 Å². The van der Waals surface area contributed by atoms with Crippen molar-refractivity contribution in [3.63, 3.8) is 0 Å². The number of aryl methyl sites for hydroxylation is 1. The molecule has 0 atom stereocenters. The summed E-state index contributed by atoms with van der Waals surface area (Å²) in [6, 6.07) is 0. The molecule has 0 unspecified atom stereocenters. The fourth-order valence-corrected chi connectivity index (χ4v) is 1.11. The molecule has 0 aliphatic carbocycles. The highest BCUT2D eigenvalue weighted by Crippen LogP contribution is 2.16. The molecular formula is C7H5N5O2. The van der Waals surface area contributed by atoms with Crippen molar-refractivity contribution in [3.8, 4) is 0 Å². The Morgan fingerprint density at radius 3 is 2.50 bits per heavy atom. The van der Waals surface area contributed by atoms with Gasteiger partial charge in [0.15, 0.2) is 0 Å². The van der Waals surface area contributed by atoms with Crippen molar-refractivity contribution in [3.05, 3.63) is 17.5 Å². The molecule has 0 radical (unpaired) electrons. The van der Waals surface area contributed by atoms with Gasteiger partial charge in [-0.3, -0.25) is 14.9 Å². The van der Waals surface area contributed by atoms with E-state index in [9.17, 15) is 9.59 Å². The summed E-state index contributed by atoms with van der Waals surface area (Å²) in [5.74, 6) is -0.941. The third kappa shape index (κ3) is 1.24. The average Bonchev–Trinajstić information content (AvgIpc) is 2.46. The lowest BCUT2D eigenvalue weighted by Crippen LogP contribution is -2.22. The van der Waals surface area contributed by atoms with Crippen LogP contribution in [0, 0.1) is 6.92 Å². The zero-order chi connectivity index (χ0) is 10.1. The molecule has 0 aromatic carbocycles. The highest BCUT2D eigenvalue weighted by molar-refractivity contribution is 6.33. The maximum Gasteiger partial charge on any atom is 0.260 e. The summed E-state index contributed by atoms with van der Waals surface area (Å²) >= 11 is 0. The van der Waals surface area contributed by atoms with E-state index in [0.717, 1.165) is 0 Å². The van der Waals surface area contributed by atoms with Gasteiger partial charge in [0.25, 0.3) is 11.8 Å². The summed E-state index contributed by atoms with van der Waals surface area (Å²) in [4.78, 5) is 22.1. The number of imide groups is 1. The van der Waals surface area contributed by atoms with Crippen molar-refractivity contribution < 1.29 is 9.59 Å². The SMILES string of the molecule is Cc1nnnnc1C1=CC(=O)NC1=O. The zero-order valence-electron chi connectivity index (χ0n) is 7.18. The molecule has 14 heavy (non-hydrogen) atoms. The van der Waals surface area contributed by atoms with Gasteiger partial charge in [0.2, 0.25) is 0 Å². The number of nitrogens with one attached hydrogen (secondary N) is 1. The molecule has 2 heterocycles. The third-order valence-corrected chi connectivity index (χ3v) is 1.73. The van der Waals surface area contributed by atoms with Gasteiger partial charge < -0.3 is 0 Å². The van der Waals surface area contributed by atoms with Crippen LogP contribution in [0.25, 0.3) is 5.57 Å². The molecule has 1 aliphatic rings. The standard InChI is InChI=1S/C7H5N5O2/c1-3-6(10-12-11-9-3)4-2-5(13)8-7(4)14/h2H,1H3,(H,8,13,14). The predicted molar refractivity (Wildman–Crippen MR) is 43.5 cm³/mol. The van der Waals surface area contributed by atoms with Crippen LogP contribution in [0.2, 0.25) is 0 Å². The normalized spacial score (nSPS) is 15.4. The first kappa shape index (κ1) is 8.42. The van der Waals surface area contributed by atoms with Gasteiger partial charge in [-0.2, -0.15) is 0 Å². The van der Waals surface area contributed by atoms with Crippen molar-refractivity contribution in [2.24, 2.45) is 0 Å². The van der Waals surface area contributed by atoms with E-state index >= 15 is 0 Å². The third-order valence-electron chi connectivity index (χ3n) is 1.73. The summed E-state index contributed by atoms with van der Waals surface area (Å²) in [6.07, 6.45) is 1.17. The first-order valence-electron chi connectivity index (χ1n) is 3.78. The van der Waals surface area contributed by atoms with E-state index < -0.39 is 11.8 Å². The van der Waals surface area contributed by atoms with Crippen LogP contribution >= 0.6 is 0 Å². The molecule has 7 nitrogen and oxygen atoms in total. The number of carbonyl (C=O) groups excluding carboxylic acids is 2. The summed E-state index contributed by atoms with van der Waals surface area (Å²) in [5, 5.41) is 16.0. The molecule has 7 heteroatoms. The Labute approximate surface area is 78.2 Å². The highest BCUT2D eigenvalue weighted by atomic mass is 16.2. The van der Waals surface area contributed by atoms with Gasteiger partial charge in [-0.1, -0.05) is 0 Å². The van der Waals surface area contributed by atoms with Crippen molar-refractivity contribution in [2.75, 3.05) is 0 Å². The second-order valence-electron chi connectivity index (χ2n) is 2.69. The smallest absolute Gasteiger partial charge is 0.260 e. The van der Waals surface area contributed by atoms with E-state index in [-0.39, 0.29) is 11.3 Å². The minimum Gasteiger partial charge on any atom is -0.289 e. The van der Waals surface area contributed by atoms with Crippen LogP contribution in [0.4, 0.5) is 0 Å². The molecule has 0 spiro atoms. The number of carbonyl (C=O) groups is 2. The summed E-state index contributed by atoms with van der Waals surface area (Å²) < 4.78 is 0. The number of aromatic nitrogens is 4. The lowest BCUT2D eigenvalue weighted by Gasteiger charge is -1.98. The van der Waals surface area contributed by atoms with Crippen LogP contribution in [-0.2, 0) is 9.59 Å². The molecule has 1 aromatic heterocycles. The number of hydrogen-bond donors (Lipinski definition) is 1. The maximum atomic E-state index is 11.2. The summed E-state index contributed by atoms with van der Waals surface area (Å²) in [5.41, 5.74) is 0.911. The Morgan fingerprint density at radius 2 is 1.93 bits per heavy atom. The van der Waals surface area contributed by atoms with Gasteiger partial charge in [-0.05, 0) is 17.4 Å². The number of nitrogens with zero attached hydrogens (tertiary/aromatic N) is 4. The second-order valence-corrected chi connectivity index (χ2v) is 2.69. The first-order chi connectivity index (χ1) is 6.68. The van der Waals surface area contributed by atoms with Gasteiger partial charge in [-0.25, -0.2) is 0 Å². The van der Waals surface area contributed by atoms with E-state index in [0.29, 0.717) is 5.69 Å². The van der Waals surface area contributed by atoms with Crippen LogP contribution in [0.5, 0.6) is 0 Å². The molecule has 0 bridgehead atoms. The van der Waals surface area contributed by atoms with Gasteiger partial charge in [0.1, 0.15) is 5.69 Å². The Balaban J connectivity index is 2.51. The van der Waals surface area contributed by atoms with Crippen LogP contribution in [-0.4, -0.2) is 32.4 Å². The molecule has 1 N–H and O–H groups in total. The molecule has 0 saturated heterocycles. The summed E-state index contributed by atoms with van der Waals surface area (Å²) in [6.45, 7) is 1.63. The minimum atomic E-state index is -0.486. The molecule has 2 amide bonds. The molecule has 1 aliphatic heterocycles. The first-order valence-corrected chi connectivity index (χ1v) is 3.78. The Hall–Kier alpha value is -2.18. The van der Waals surface area contributed by atoms with Gasteiger partial charge in [-0.15, -0.1) is 10.2 Å². The zero-order valence-corrected chi connectivity index (χ0v) is 7.18. The van der Waals surface area contributed by atoms with E-state index in [1.54, 1.807) is 6.92 Å². The lowest BCUT2D eigenvalue weighted by molar-refractivity contribution is -0.123. The average molecular weight is 191 g/mol. The van der Waals surface area contributed by atoms with E-state index in [4.69, 9.17) is 0 Å². The quantitative estimate of drug-likeness (QED) is 0.549. The van der Waals surface area contributed by atoms with E-state index in [2.05, 4.69) is 25.9 Å². The Morgan fingerprint density at radius 1 is 1.21 bits per heavy atom. The number of hydrogen-bond acceptors (Lipinski definition) is 6. The number of rotatable bonds is 1. The molecule has 0 fully saturated rings. The monoisotopic (exact) mass is 191 g/mol. The van der Waals surface area contributed by atoms with Crippen LogP contribution in [0.1, 0.15) is 11.4 Å². The minimum absolute atomic E-state index is 0.176. The molecule has 0 saturated carbocycles. The highest BCUT2D eigenvalue weighted by Gasteiger charge is 2.25. The predicted octanol–water partition coefficient (Wildman–Crippen LogP) is -1.39. The van der Waals surface area contributed by atoms with E-state index in [1.165, 1.54) is 6.08 Å². The van der Waals surface area contributed by atoms with Crippen LogP contribution in [0.3, 0.4) is 0 Å². The van der Waals surface area contributed by atoms with Crippen molar-refractivity contribution >= 4 is 17.4 Å². The van der Waals surface area contributed by atoms with Crippen LogP contribution in [0.15, 0.2) is 6.08 Å². The fraction of sp³-hybridized carbons (Fsp3) is 0.143. The van der Waals surface area contributed by atoms with Crippen molar-refractivity contribution in [2.45, 2.75) is 6.92 Å². The van der Waals surface area contributed by atoms with Gasteiger partial charge in [0.05, 0.1) is 11.3 Å². The second kappa shape index (κ2) is 2.95. The van der Waals surface area contributed by atoms with Crippen molar-refractivity contribution in [1.29, 1.82) is 0 Å². The largest absolute Gasteiger partial charge is 0.289 e. The Kier molecular flexibility index (Phi) is 1.77. The van der Waals surface area contributed by atoms with Gasteiger partial charge >= 0.3 is 0 Å². The topological polar surface area (TPSA) is 97.7 Å². The van der Waals surface area contributed by atoms with Crippen molar-refractivity contribution in [1.82, 2.24) is 25.9 Å².